The number of halogens is 2. The predicted molar refractivity (Wildman–Crippen MR) is 119 cm³/mol. The van der Waals surface area contributed by atoms with E-state index in [-0.39, 0.29) is 12.5 Å². The van der Waals surface area contributed by atoms with Crippen LogP contribution in [0.2, 0.25) is 10.0 Å². The fraction of sp³-hybridized carbons (Fsp3) is 0.227. The van der Waals surface area contributed by atoms with Crippen molar-refractivity contribution in [2.75, 3.05) is 37.7 Å². The number of rotatable bonds is 6. The molecule has 1 aromatic heterocycles. The third-order valence-corrected chi connectivity index (χ3v) is 5.32. The fourth-order valence-electron chi connectivity index (χ4n) is 3.15. The summed E-state index contributed by atoms with van der Waals surface area (Å²) >= 11 is 12.0. The van der Waals surface area contributed by atoms with Crippen LogP contribution in [0.15, 0.2) is 60.7 Å². The second-order valence-corrected chi connectivity index (χ2v) is 7.72. The molecule has 0 saturated carbocycles. The van der Waals surface area contributed by atoms with E-state index in [9.17, 15) is 4.79 Å². The number of aromatic nitrogens is 2. The van der Waals surface area contributed by atoms with Crippen LogP contribution in [0.1, 0.15) is 0 Å². The van der Waals surface area contributed by atoms with Gasteiger partial charge in [-0.05, 0) is 36.4 Å². The number of para-hydroxylation sites is 1. The molecule has 7 nitrogen and oxygen atoms in total. The fourth-order valence-corrected chi connectivity index (χ4v) is 3.62. The zero-order valence-electron chi connectivity index (χ0n) is 16.6. The van der Waals surface area contributed by atoms with Crippen LogP contribution in [0, 0.1) is 0 Å². The van der Waals surface area contributed by atoms with Crippen molar-refractivity contribution in [3.05, 3.63) is 70.7 Å². The number of benzene rings is 2. The molecule has 0 radical (unpaired) electrons. The minimum Gasteiger partial charge on any atom is -0.482 e. The van der Waals surface area contributed by atoms with E-state index in [0.717, 1.165) is 5.82 Å². The van der Waals surface area contributed by atoms with Gasteiger partial charge in [0.15, 0.2) is 12.4 Å². The van der Waals surface area contributed by atoms with Gasteiger partial charge in [0.1, 0.15) is 11.5 Å². The Morgan fingerprint density at radius 2 is 1.71 bits per heavy atom. The molecule has 1 aliphatic rings. The van der Waals surface area contributed by atoms with Crippen LogP contribution in [0.4, 0.5) is 5.82 Å². The number of anilines is 1. The van der Waals surface area contributed by atoms with E-state index in [2.05, 4.69) is 15.1 Å². The van der Waals surface area contributed by atoms with E-state index in [1.807, 2.05) is 36.4 Å². The summed E-state index contributed by atoms with van der Waals surface area (Å²) in [4.78, 5) is 16.3. The first-order valence-corrected chi connectivity index (χ1v) is 10.5. The Balaban J connectivity index is 1.26. The van der Waals surface area contributed by atoms with Gasteiger partial charge in [-0.1, -0.05) is 41.4 Å². The number of amides is 1. The largest absolute Gasteiger partial charge is 0.482 e. The van der Waals surface area contributed by atoms with E-state index in [4.69, 9.17) is 32.7 Å². The highest BCUT2D eigenvalue weighted by molar-refractivity contribution is 6.35. The molecule has 2 heterocycles. The summed E-state index contributed by atoms with van der Waals surface area (Å²) in [6.07, 6.45) is 0. The summed E-state index contributed by atoms with van der Waals surface area (Å²) in [5.74, 6) is 2.23. The third kappa shape index (κ3) is 5.57. The number of ether oxygens (including phenoxy) is 2. The van der Waals surface area contributed by atoms with Crippen molar-refractivity contribution in [3.63, 3.8) is 0 Å². The first-order chi connectivity index (χ1) is 15.1. The minimum absolute atomic E-state index is 0.0767. The SMILES string of the molecule is O=C(COc1ccc(Cl)cc1Cl)N1CCN(c2ccc(Oc3ccccc3)nn2)CC1. The van der Waals surface area contributed by atoms with Gasteiger partial charge >= 0.3 is 0 Å². The molecular weight excluding hydrogens is 439 g/mol. The van der Waals surface area contributed by atoms with E-state index < -0.39 is 0 Å². The zero-order valence-corrected chi connectivity index (χ0v) is 18.1. The number of hydrogen-bond acceptors (Lipinski definition) is 6. The third-order valence-electron chi connectivity index (χ3n) is 4.79. The average Bonchev–Trinajstić information content (AvgIpc) is 2.80. The van der Waals surface area contributed by atoms with Gasteiger partial charge in [-0.25, -0.2) is 0 Å². The molecule has 1 fully saturated rings. The Hall–Kier alpha value is -3.03. The highest BCUT2D eigenvalue weighted by Gasteiger charge is 2.22. The number of hydrogen-bond donors (Lipinski definition) is 0. The molecule has 0 atom stereocenters. The smallest absolute Gasteiger partial charge is 0.260 e. The quantitative estimate of drug-likeness (QED) is 0.548. The van der Waals surface area contributed by atoms with Crippen LogP contribution >= 0.6 is 23.2 Å². The van der Waals surface area contributed by atoms with Crippen molar-refractivity contribution in [2.45, 2.75) is 0 Å². The molecule has 0 spiro atoms. The van der Waals surface area contributed by atoms with Crippen molar-refractivity contribution in [1.82, 2.24) is 15.1 Å². The molecule has 1 saturated heterocycles. The average molecular weight is 459 g/mol. The summed E-state index contributed by atoms with van der Waals surface area (Å²) in [6.45, 7) is 2.37. The molecule has 2 aromatic carbocycles. The molecule has 0 bridgehead atoms. The lowest BCUT2D eigenvalue weighted by Gasteiger charge is -2.35. The molecule has 0 N–H and O–H groups in total. The summed E-state index contributed by atoms with van der Waals surface area (Å²) < 4.78 is 11.2. The Labute approximate surface area is 190 Å². The predicted octanol–water partition coefficient (Wildman–Crippen LogP) is 4.30. The van der Waals surface area contributed by atoms with Gasteiger partial charge in [0, 0.05) is 37.3 Å². The maximum atomic E-state index is 12.5. The molecule has 31 heavy (non-hydrogen) atoms. The Bertz CT molecular complexity index is 1030. The maximum absolute atomic E-state index is 12.5. The van der Waals surface area contributed by atoms with Crippen LogP contribution in [0.25, 0.3) is 0 Å². The highest BCUT2D eigenvalue weighted by atomic mass is 35.5. The molecule has 0 aliphatic carbocycles. The normalized spacial score (nSPS) is 13.7. The second-order valence-electron chi connectivity index (χ2n) is 6.88. The van der Waals surface area contributed by atoms with Crippen LogP contribution in [-0.4, -0.2) is 53.8 Å². The van der Waals surface area contributed by atoms with Crippen LogP contribution < -0.4 is 14.4 Å². The summed E-state index contributed by atoms with van der Waals surface area (Å²) in [6, 6.07) is 18.0. The van der Waals surface area contributed by atoms with E-state index >= 15 is 0 Å². The molecule has 0 unspecified atom stereocenters. The lowest BCUT2D eigenvalue weighted by molar-refractivity contribution is -0.133. The number of piperazine rings is 1. The molecule has 9 heteroatoms. The second kappa shape index (κ2) is 9.85. The number of nitrogens with zero attached hydrogens (tertiary/aromatic N) is 4. The Kier molecular flexibility index (Phi) is 6.74. The highest BCUT2D eigenvalue weighted by Crippen LogP contribution is 2.27. The molecular formula is C22H20Cl2N4O3. The van der Waals surface area contributed by atoms with Gasteiger partial charge < -0.3 is 19.3 Å². The monoisotopic (exact) mass is 458 g/mol. The zero-order chi connectivity index (χ0) is 21.6. The summed E-state index contributed by atoms with van der Waals surface area (Å²) in [5.41, 5.74) is 0. The van der Waals surface area contributed by atoms with Crippen molar-refractivity contribution < 1.29 is 14.3 Å². The van der Waals surface area contributed by atoms with Gasteiger partial charge in [-0.15, -0.1) is 10.2 Å². The van der Waals surface area contributed by atoms with Gasteiger partial charge in [-0.2, -0.15) is 0 Å². The van der Waals surface area contributed by atoms with Gasteiger partial charge in [0.25, 0.3) is 5.91 Å². The molecule has 1 aliphatic heterocycles. The standard InChI is InChI=1S/C22H20Cl2N4O3/c23-16-6-7-19(18(24)14-16)30-15-22(29)28-12-10-27(11-13-28)20-8-9-21(26-25-20)31-17-4-2-1-3-5-17/h1-9,14H,10-13,15H2. The molecule has 3 aromatic rings. The van der Waals surface area contributed by atoms with Crippen LogP contribution in [0.5, 0.6) is 17.4 Å². The van der Waals surface area contributed by atoms with Gasteiger partial charge in [-0.3, -0.25) is 4.79 Å². The van der Waals surface area contributed by atoms with E-state index in [1.165, 1.54) is 0 Å². The van der Waals surface area contributed by atoms with E-state index in [1.54, 1.807) is 29.2 Å². The molecule has 160 valence electrons. The topological polar surface area (TPSA) is 67.8 Å². The number of carbonyl (C=O) groups excluding carboxylic acids is 1. The van der Waals surface area contributed by atoms with Gasteiger partial charge in [0.2, 0.25) is 5.88 Å². The minimum atomic E-state index is -0.0941. The molecule has 4 rings (SSSR count). The molecule has 1 amide bonds. The first kappa shape index (κ1) is 21.2. The Morgan fingerprint density at radius 1 is 0.935 bits per heavy atom. The maximum Gasteiger partial charge on any atom is 0.260 e. The lowest BCUT2D eigenvalue weighted by Crippen LogP contribution is -2.50. The lowest BCUT2D eigenvalue weighted by atomic mass is 10.3. The van der Waals surface area contributed by atoms with Crippen molar-refractivity contribution in [3.8, 4) is 17.4 Å². The van der Waals surface area contributed by atoms with Crippen LogP contribution in [0.3, 0.4) is 0 Å². The summed E-state index contributed by atoms with van der Waals surface area (Å²) in [5, 5.41) is 9.30. The van der Waals surface area contributed by atoms with Crippen molar-refractivity contribution in [1.29, 1.82) is 0 Å². The van der Waals surface area contributed by atoms with Crippen molar-refractivity contribution >= 4 is 34.9 Å². The van der Waals surface area contributed by atoms with E-state index in [0.29, 0.717) is 53.6 Å². The van der Waals surface area contributed by atoms with Crippen molar-refractivity contribution in [2.24, 2.45) is 0 Å². The Morgan fingerprint density at radius 3 is 2.39 bits per heavy atom. The van der Waals surface area contributed by atoms with Gasteiger partial charge in [0.05, 0.1) is 5.02 Å². The first-order valence-electron chi connectivity index (χ1n) is 9.76. The summed E-state index contributed by atoms with van der Waals surface area (Å²) in [7, 11) is 0. The number of carbonyl (C=O) groups is 1. The van der Waals surface area contributed by atoms with Crippen LogP contribution in [-0.2, 0) is 4.79 Å².